The third-order valence-corrected chi connectivity index (χ3v) is 11.7. The van der Waals surface area contributed by atoms with Crippen LogP contribution in [0.5, 0.6) is 0 Å². The maximum atomic E-state index is 14.3. The SMILES string of the molecule is C.C1CCNCC1.Cc1ccc(S(=O)(=O)[O-])cc1.O=C(O)c1cc(Cc2n[nH]c(=O)c3ccccc23)ccc1F.O=C(c1cc(Cc2n[nH]c(=O)c3ccccc23)ccc1F)N1CC[NH2+]CC1.[2HH]. The Morgan fingerprint density at radius 1 is 0.716 bits per heavy atom. The van der Waals surface area contributed by atoms with Gasteiger partial charge in [-0.2, -0.15) is 10.2 Å². The number of nitrogens with one attached hydrogen (secondary N) is 3. The van der Waals surface area contributed by atoms with Crippen LogP contribution in [-0.4, -0.2) is 94.5 Å². The normalized spacial score (nSPS) is 13.4. The second kappa shape index (κ2) is 24.0. The summed E-state index contributed by atoms with van der Waals surface area (Å²) in [4.78, 5) is 48.8. The number of nitrogens with zero attached hydrogens (tertiary/aromatic N) is 3. The highest BCUT2D eigenvalue weighted by atomic mass is 32.2. The highest BCUT2D eigenvalue weighted by Gasteiger charge is 2.23. The molecule has 0 unspecified atom stereocenters. The minimum absolute atomic E-state index is 0. The molecule has 1 amide bonds. The van der Waals surface area contributed by atoms with Crippen molar-refractivity contribution in [3.8, 4) is 0 Å². The number of quaternary nitrogens is 1. The number of carboxylic acid groups (broad SMARTS) is 1. The van der Waals surface area contributed by atoms with Gasteiger partial charge in [-0.1, -0.05) is 80.1 Å². The lowest BCUT2D eigenvalue weighted by molar-refractivity contribution is -0.661. The van der Waals surface area contributed by atoms with Gasteiger partial charge in [0.15, 0.2) is 0 Å². The third-order valence-electron chi connectivity index (χ3n) is 10.8. The van der Waals surface area contributed by atoms with Crippen LogP contribution in [0.2, 0.25) is 0 Å². The minimum Gasteiger partial charge on any atom is -0.744 e. The fraction of sp³-hybridized carbons (Fsp3) is 0.265. The lowest BCUT2D eigenvalue weighted by Gasteiger charge is -2.25. The first-order valence-corrected chi connectivity index (χ1v) is 22.7. The second-order valence-corrected chi connectivity index (χ2v) is 17.0. The number of hydrogen-bond donors (Lipinski definition) is 5. The third kappa shape index (κ3) is 14.0. The molecule has 0 saturated carbocycles. The van der Waals surface area contributed by atoms with Gasteiger partial charge in [-0.3, -0.25) is 14.4 Å². The van der Waals surface area contributed by atoms with E-state index in [1.165, 1.54) is 62.7 Å². The van der Waals surface area contributed by atoms with Crippen molar-refractivity contribution < 1.29 is 43.2 Å². The van der Waals surface area contributed by atoms with E-state index in [9.17, 15) is 40.9 Å². The summed E-state index contributed by atoms with van der Waals surface area (Å²) in [7, 11) is -4.27. The van der Waals surface area contributed by atoms with E-state index in [4.69, 9.17) is 5.11 Å². The Labute approximate surface area is 387 Å². The average molecular weight is 941 g/mol. The maximum Gasteiger partial charge on any atom is 0.338 e. The summed E-state index contributed by atoms with van der Waals surface area (Å²) in [6, 6.07) is 28.5. The number of halogens is 2. The van der Waals surface area contributed by atoms with Crippen molar-refractivity contribution in [3.63, 3.8) is 0 Å². The van der Waals surface area contributed by atoms with Crippen LogP contribution in [0, 0.1) is 18.6 Å². The number of nitrogens with two attached hydrogens (primary N) is 1. The molecule has 18 heteroatoms. The summed E-state index contributed by atoms with van der Waals surface area (Å²) >= 11 is 0. The number of H-pyrrole nitrogens is 2. The van der Waals surface area contributed by atoms with Crippen molar-refractivity contribution in [1.29, 1.82) is 0 Å². The summed E-state index contributed by atoms with van der Waals surface area (Å²) in [5, 5.41) is 30.0. The van der Waals surface area contributed by atoms with Gasteiger partial charge in [0.1, 0.15) is 21.8 Å². The van der Waals surface area contributed by atoms with Crippen molar-refractivity contribution in [3.05, 3.63) is 181 Å². The van der Waals surface area contributed by atoms with Crippen LogP contribution in [-0.2, 0) is 23.0 Å². The van der Waals surface area contributed by atoms with Crippen LogP contribution >= 0.6 is 0 Å². The zero-order valence-corrected chi connectivity index (χ0v) is 36.9. The molecule has 2 saturated heterocycles. The van der Waals surface area contributed by atoms with E-state index >= 15 is 0 Å². The molecule has 354 valence electrons. The molecule has 67 heavy (non-hydrogen) atoms. The van der Waals surface area contributed by atoms with Crippen LogP contribution in [0.1, 0.15) is 76.9 Å². The zero-order chi connectivity index (χ0) is 47.2. The van der Waals surface area contributed by atoms with Gasteiger partial charge in [0.25, 0.3) is 17.0 Å². The number of aromatic amines is 2. The summed E-state index contributed by atoms with van der Waals surface area (Å²) < 4.78 is 58.9. The van der Waals surface area contributed by atoms with Crippen LogP contribution in [0.3, 0.4) is 0 Å². The summed E-state index contributed by atoms with van der Waals surface area (Å²) in [6.45, 7) is 7.23. The predicted octanol–water partition coefficient (Wildman–Crippen LogP) is 5.56. The lowest BCUT2D eigenvalue weighted by Crippen LogP contribution is -2.89. The van der Waals surface area contributed by atoms with Crippen LogP contribution in [0.25, 0.3) is 21.5 Å². The molecule has 0 spiro atoms. The first kappa shape index (κ1) is 51.0. The lowest BCUT2D eigenvalue weighted by atomic mass is 10.0. The number of hydrogen-bond acceptors (Lipinski definition) is 10. The average Bonchev–Trinajstić information content (AvgIpc) is 3.33. The summed E-state index contributed by atoms with van der Waals surface area (Å²) in [5.74, 6) is -2.89. The Morgan fingerprint density at radius 2 is 1.18 bits per heavy atom. The van der Waals surface area contributed by atoms with Gasteiger partial charge in [0.05, 0.1) is 64.4 Å². The number of piperazine rings is 1. The van der Waals surface area contributed by atoms with Gasteiger partial charge in [-0.15, -0.1) is 0 Å². The molecule has 0 radical (unpaired) electrons. The Morgan fingerprint density at radius 3 is 1.61 bits per heavy atom. The number of piperidine rings is 1. The first-order valence-electron chi connectivity index (χ1n) is 21.3. The summed E-state index contributed by atoms with van der Waals surface area (Å²) in [6.07, 6.45) is 4.90. The molecule has 15 nitrogen and oxygen atoms in total. The Hall–Kier alpha value is -6.99. The van der Waals surface area contributed by atoms with E-state index in [0.717, 1.165) is 35.7 Å². The molecule has 0 aliphatic carbocycles. The topological polar surface area (TPSA) is 235 Å². The molecule has 4 heterocycles. The molecule has 2 fully saturated rings. The second-order valence-electron chi connectivity index (χ2n) is 15.6. The molecule has 7 aromatic rings. The van der Waals surface area contributed by atoms with Gasteiger partial charge < -0.3 is 25.2 Å². The van der Waals surface area contributed by atoms with E-state index in [-0.39, 0.29) is 48.3 Å². The number of carbonyl (C=O) groups excluding carboxylic acids is 1. The Balaban J connectivity index is 0.000000219. The van der Waals surface area contributed by atoms with E-state index in [2.05, 4.69) is 31.0 Å². The summed E-state index contributed by atoms with van der Waals surface area (Å²) in [5.41, 5.74) is 2.75. The van der Waals surface area contributed by atoms with Gasteiger partial charge >= 0.3 is 5.97 Å². The van der Waals surface area contributed by atoms with E-state index in [1.807, 2.05) is 19.1 Å². The molecular weight excluding hydrogens is 885 g/mol. The highest BCUT2D eigenvalue weighted by Crippen LogP contribution is 2.21. The van der Waals surface area contributed by atoms with E-state index < -0.39 is 27.7 Å². The van der Waals surface area contributed by atoms with Crippen LogP contribution in [0.15, 0.2) is 124 Å². The largest absolute Gasteiger partial charge is 0.744 e. The number of amides is 1. The fourth-order valence-electron chi connectivity index (χ4n) is 7.32. The first-order chi connectivity index (χ1) is 31.7. The molecule has 6 N–H and O–H groups in total. The number of benzene rings is 5. The molecule has 0 bridgehead atoms. The molecule has 9 rings (SSSR count). The van der Waals surface area contributed by atoms with E-state index in [0.29, 0.717) is 52.6 Å². The minimum atomic E-state index is -4.27. The van der Waals surface area contributed by atoms with Crippen LogP contribution < -0.4 is 21.8 Å². The van der Waals surface area contributed by atoms with E-state index in [1.54, 1.807) is 65.6 Å². The highest BCUT2D eigenvalue weighted by molar-refractivity contribution is 7.85. The maximum absolute atomic E-state index is 14.3. The van der Waals surface area contributed by atoms with Gasteiger partial charge in [-0.05, 0) is 92.5 Å². The zero-order valence-electron chi connectivity index (χ0n) is 36.1. The fourth-order valence-corrected chi connectivity index (χ4v) is 7.79. The number of rotatable bonds is 7. The molecule has 2 aliphatic rings. The monoisotopic (exact) mass is 940 g/mol. The van der Waals surface area contributed by atoms with Gasteiger partial charge in [-0.25, -0.2) is 32.2 Å². The standard InChI is InChI=1S/C20H19FN4O2.C16H11FN2O3.C7H8O3S.C5H11N.CH4.H2/c21-17-6-5-13(11-16(17)20(27)25-9-7-22-8-10-25)12-18-14-3-1-2-4-15(14)19(26)24-23-18;17-13-6-5-9(7-12(13)16(21)22)8-14-10-3-1-2-4-11(10)15(20)19-18-14;1-6-2-4-7(5-3-6)11(8,9)10;1-2-4-6-5-3-1;;/h1-6,11,22H,7-10,12H2,(H,24,26);1-7H,8H2,(H,19,20)(H,21,22);2-5H,1H3,(H,8,9,10);6H,1-5H2;1H4;1H/i;;;;;1+1. The Bertz CT molecular complexity index is 3040. The van der Waals surface area contributed by atoms with Crippen molar-refractivity contribution in [2.24, 2.45) is 0 Å². The number of aromatic carboxylic acids is 1. The smallest absolute Gasteiger partial charge is 0.338 e. The van der Waals surface area contributed by atoms with Crippen molar-refractivity contribution in [2.75, 3.05) is 39.3 Å². The number of carbonyl (C=O) groups is 2. The number of fused-ring (bicyclic) bond motifs is 2. The number of aromatic nitrogens is 4. The van der Waals surface area contributed by atoms with Crippen molar-refractivity contribution in [1.82, 2.24) is 30.6 Å². The van der Waals surface area contributed by atoms with Crippen molar-refractivity contribution in [2.45, 2.75) is 51.3 Å². The Kier molecular flexibility index (Phi) is 18.2. The quantitative estimate of drug-likeness (QED) is 0.124. The van der Waals surface area contributed by atoms with Crippen molar-refractivity contribution >= 4 is 43.5 Å². The molecule has 2 aliphatic heterocycles. The predicted molar refractivity (Wildman–Crippen MR) is 252 cm³/mol. The molecular formula is C49H55F2N7O8S. The molecule has 0 atom stereocenters. The number of aryl methyl sites for hydroxylation is 1. The molecule has 2 aromatic heterocycles. The van der Waals surface area contributed by atoms with Gasteiger partial charge in [0.2, 0.25) is 0 Å². The van der Waals surface area contributed by atoms with Crippen LogP contribution in [0.4, 0.5) is 8.78 Å². The number of carboxylic acids is 1. The van der Waals surface area contributed by atoms with Gasteiger partial charge in [0, 0.05) is 25.0 Å². The molecule has 5 aromatic carbocycles.